The van der Waals surface area contributed by atoms with Gasteiger partial charge in [0.05, 0.1) is 13.1 Å². The van der Waals surface area contributed by atoms with Gasteiger partial charge >= 0.3 is 11.9 Å². The van der Waals surface area contributed by atoms with Gasteiger partial charge in [0.1, 0.15) is 6.42 Å². The van der Waals surface area contributed by atoms with Crippen molar-refractivity contribution in [3.8, 4) is 0 Å². The first-order valence-electron chi connectivity index (χ1n) is 12.5. The Kier molecular flexibility index (Phi) is 10.4. The summed E-state index contributed by atoms with van der Waals surface area (Å²) >= 11 is 0. The van der Waals surface area contributed by atoms with Crippen molar-refractivity contribution in [2.75, 3.05) is 0 Å². The third-order valence-electron chi connectivity index (χ3n) is 6.43. The zero-order valence-electron chi connectivity index (χ0n) is 22.7. The summed E-state index contributed by atoms with van der Waals surface area (Å²) in [5.74, 6) is -2.68. The zero-order valence-corrected chi connectivity index (χ0v) is 22.7. The van der Waals surface area contributed by atoms with Crippen molar-refractivity contribution in [1.29, 1.82) is 0 Å². The molecule has 0 radical (unpaired) electrons. The normalized spacial score (nSPS) is 11.4. The number of benzene rings is 2. The predicted octanol–water partition coefficient (Wildman–Crippen LogP) is 5.22. The predicted molar refractivity (Wildman–Crippen MR) is 139 cm³/mol. The Morgan fingerprint density at radius 2 is 0.946 bits per heavy atom. The Morgan fingerprint density at radius 1 is 0.622 bits per heavy atom. The summed E-state index contributed by atoms with van der Waals surface area (Å²) in [4.78, 5) is 62.4. The molecule has 0 saturated carbocycles. The molecule has 0 aromatic heterocycles. The molecule has 2 rings (SSSR count). The summed E-state index contributed by atoms with van der Waals surface area (Å²) in [6.45, 7) is 10.9. The number of carbonyl (C=O) groups is 4. The van der Waals surface area contributed by atoms with Gasteiger partial charge in [-0.25, -0.2) is 9.59 Å². The van der Waals surface area contributed by atoms with Crippen LogP contribution in [0.25, 0.3) is 0 Å². The van der Waals surface area contributed by atoms with E-state index < -0.39 is 29.2 Å². The van der Waals surface area contributed by atoms with E-state index in [0.717, 1.165) is 21.3 Å². The van der Waals surface area contributed by atoms with E-state index >= 15 is 0 Å². The minimum absolute atomic E-state index is 0.0349. The molecule has 0 heterocycles. The summed E-state index contributed by atoms with van der Waals surface area (Å²) < 4.78 is 0. The second-order valence-corrected chi connectivity index (χ2v) is 10.2. The van der Waals surface area contributed by atoms with E-state index in [1.807, 2.05) is 74.5 Å². The highest BCUT2D eigenvalue weighted by molar-refractivity contribution is 5.93. The van der Waals surface area contributed by atoms with E-state index in [9.17, 15) is 19.2 Å². The monoisotopic (exact) mass is 510 g/mol. The molecule has 8 heteroatoms. The third-order valence-corrected chi connectivity index (χ3v) is 6.43. The number of nitrogens with zero attached hydrogens (tertiary/aromatic N) is 2. The first-order valence-corrected chi connectivity index (χ1v) is 12.5. The van der Waals surface area contributed by atoms with E-state index in [1.165, 1.54) is 0 Å². The van der Waals surface area contributed by atoms with Crippen LogP contribution in [0.4, 0.5) is 0 Å². The van der Waals surface area contributed by atoms with Crippen molar-refractivity contribution in [2.45, 2.75) is 73.9 Å². The van der Waals surface area contributed by atoms with Crippen molar-refractivity contribution >= 4 is 23.8 Å². The average Bonchev–Trinajstić information content (AvgIpc) is 2.88. The van der Waals surface area contributed by atoms with Gasteiger partial charge in [0.25, 0.3) is 11.8 Å². The fourth-order valence-corrected chi connectivity index (χ4v) is 3.20. The molecular weight excluding hydrogens is 472 g/mol. The smallest absolute Gasteiger partial charge is 0.337 e. The lowest BCUT2D eigenvalue weighted by Crippen LogP contribution is -2.43. The maximum Gasteiger partial charge on any atom is 0.343 e. The number of hydrogen-bond donors (Lipinski definition) is 0. The Hall–Kier alpha value is -3.68. The molecule has 2 amide bonds. The van der Waals surface area contributed by atoms with Gasteiger partial charge in [0, 0.05) is 10.8 Å². The lowest BCUT2D eigenvalue weighted by atomic mass is 9.89. The van der Waals surface area contributed by atoms with Crippen molar-refractivity contribution < 1.29 is 28.9 Å². The molecule has 0 spiro atoms. The first kappa shape index (κ1) is 29.5. The minimum atomic E-state index is -0.956. The van der Waals surface area contributed by atoms with Crippen molar-refractivity contribution in [1.82, 2.24) is 10.1 Å². The van der Waals surface area contributed by atoms with Gasteiger partial charge in [-0.15, -0.1) is 0 Å². The molecular formula is C29H38N2O6. The summed E-state index contributed by atoms with van der Waals surface area (Å²) in [7, 11) is 0. The molecule has 0 unspecified atom stereocenters. The highest BCUT2D eigenvalue weighted by atomic mass is 16.7. The van der Waals surface area contributed by atoms with Crippen LogP contribution in [0.5, 0.6) is 0 Å². The Morgan fingerprint density at radius 3 is 1.24 bits per heavy atom. The van der Waals surface area contributed by atoms with Gasteiger partial charge in [-0.05, 0) is 24.0 Å². The van der Waals surface area contributed by atoms with Gasteiger partial charge in [0.15, 0.2) is 0 Å². The van der Waals surface area contributed by atoms with Crippen LogP contribution in [0.2, 0.25) is 0 Å². The quantitative estimate of drug-likeness (QED) is 0.321. The van der Waals surface area contributed by atoms with E-state index in [1.54, 1.807) is 27.7 Å². The number of hydroxylamine groups is 4. The Bertz CT molecular complexity index is 981. The number of hydrogen-bond acceptors (Lipinski definition) is 6. The topological polar surface area (TPSA) is 93.2 Å². The molecule has 0 aliphatic carbocycles. The van der Waals surface area contributed by atoms with Crippen LogP contribution >= 0.6 is 0 Å². The van der Waals surface area contributed by atoms with Crippen LogP contribution in [0.1, 0.15) is 71.9 Å². The molecule has 0 fully saturated rings. The van der Waals surface area contributed by atoms with Gasteiger partial charge in [-0.2, -0.15) is 10.1 Å². The third kappa shape index (κ3) is 8.74. The first-order chi connectivity index (χ1) is 17.4. The molecule has 200 valence electrons. The lowest BCUT2D eigenvalue weighted by molar-refractivity contribution is -0.215. The second-order valence-electron chi connectivity index (χ2n) is 10.2. The molecule has 0 bridgehead atoms. The standard InChI is InChI=1S/C29H38N2O6/c1-7-28(3,4)26(34)30(20-22-15-11-9-12-16-22)36-24(32)19-25(33)37-31(27(35)29(5,6)8-2)21-23-17-13-10-14-18-23/h9-18H,7-8,19-21H2,1-6H3. The van der Waals surface area contributed by atoms with Crippen LogP contribution < -0.4 is 0 Å². The SMILES string of the molecule is CCC(C)(C)C(=O)N(Cc1ccccc1)OC(=O)CC(=O)ON(Cc1ccccc1)C(=O)C(C)(C)CC. The summed E-state index contributed by atoms with van der Waals surface area (Å²) in [6.07, 6.45) is 0.289. The average molecular weight is 511 g/mol. The summed E-state index contributed by atoms with van der Waals surface area (Å²) in [5, 5.41) is 1.98. The van der Waals surface area contributed by atoms with Crippen molar-refractivity contribution in [3.05, 3.63) is 71.8 Å². The Balaban J connectivity index is 2.14. The van der Waals surface area contributed by atoms with E-state index in [-0.39, 0.29) is 24.9 Å². The van der Waals surface area contributed by atoms with Crippen molar-refractivity contribution in [3.63, 3.8) is 0 Å². The van der Waals surface area contributed by atoms with Crippen LogP contribution in [-0.2, 0) is 41.9 Å². The highest BCUT2D eigenvalue weighted by Gasteiger charge is 2.35. The van der Waals surface area contributed by atoms with E-state index in [4.69, 9.17) is 9.68 Å². The fraction of sp³-hybridized carbons (Fsp3) is 0.448. The molecule has 0 aliphatic heterocycles. The van der Waals surface area contributed by atoms with Gasteiger partial charge in [0.2, 0.25) is 0 Å². The number of carbonyl (C=O) groups excluding carboxylic acids is 4. The number of rotatable bonds is 10. The minimum Gasteiger partial charge on any atom is -0.337 e. The zero-order chi connectivity index (χ0) is 27.6. The molecule has 0 saturated heterocycles. The van der Waals surface area contributed by atoms with E-state index in [2.05, 4.69) is 0 Å². The second kappa shape index (κ2) is 13.0. The molecule has 0 atom stereocenters. The molecule has 0 N–H and O–H groups in total. The molecule has 0 aliphatic rings. The van der Waals surface area contributed by atoms with Crippen molar-refractivity contribution in [2.24, 2.45) is 10.8 Å². The molecule has 2 aromatic carbocycles. The van der Waals surface area contributed by atoms with Gasteiger partial charge in [-0.1, -0.05) is 102 Å². The Labute approximate surface area is 219 Å². The molecule has 8 nitrogen and oxygen atoms in total. The maximum atomic E-state index is 13.1. The largest absolute Gasteiger partial charge is 0.343 e. The summed E-state index contributed by atoms with van der Waals surface area (Å²) in [6, 6.07) is 18.2. The van der Waals surface area contributed by atoms with Crippen LogP contribution in [0, 0.1) is 10.8 Å². The van der Waals surface area contributed by atoms with Crippen LogP contribution in [0.15, 0.2) is 60.7 Å². The highest BCUT2D eigenvalue weighted by Crippen LogP contribution is 2.26. The van der Waals surface area contributed by atoms with Crippen LogP contribution in [0.3, 0.4) is 0 Å². The lowest BCUT2D eigenvalue weighted by Gasteiger charge is -2.30. The maximum absolute atomic E-state index is 13.1. The van der Waals surface area contributed by atoms with E-state index in [0.29, 0.717) is 12.8 Å². The van der Waals surface area contributed by atoms with Gasteiger partial charge < -0.3 is 9.68 Å². The van der Waals surface area contributed by atoms with Crippen LogP contribution in [-0.4, -0.2) is 33.9 Å². The molecule has 37 heavy (non-hydrogen) atoms. The molecule has 2 aromatic rings. The number of amides is 2. The summed E-state index contributed by atoms with van der Waals surface area (Å²) in [5.41, 5.74) is -0.0282. The van der Waals surface area contributed by atoms with Gasteiger partial charge in [-0.3, -0.25) is 9.59 Å². The fourth-order valence-electron chi connectivity index (χ4n) is 3.20.